The van der Waals surface area contributed by atoms with Crippen LogP contribution in [0.4, 0.5) is 18.0 Å². The molecule has 1 N–H and O–H groups in total. The van der Waals surface area contributed by atoms with Gasteiger partial charge in [0.05, 0.1) is 13.2 Å². The van der Waals surface area contributed by atoms with Crippen LogP contribution in [0.25, 0.3) is 0 Å². The third-order valence-electron chi connectivity index (χ3n) is 4.90. The topological polar surface area (TPSA) is 56.8 Å². The fourth-order valence-corrected chi connectivity index (χ4v) is 3.48. The summed E-state index contributed by atoms with van der Waals surface area (Å²) in [5.41, 5.74) is 2.54. The van der Waals surface area contributed by atoms with Crippen molar-refractivity contribution in [3.8, 4) is 23.3 Å². The van der Waals surface area contributed by atoms with Gasteiger partial charge < -0.3 is 19.5 Å². The molecule has 1 aliphatic heterocycles. The molecule has 2 atom stereocenters. The standard InChI is InChI=1S/C25H18F3NO4/c1-31-20-9-4-8-19(15-20)23-22(29-24(30)32-23)18-7-2-5-16(13-18)11-12-17-6-3-10-21(14-17)33-25(26,27)28/h2-10,13-15,22-23H,1H3,(H,29,30)/t22-,23?/m1/s1. The SMILES string of the molecule is COc1cccc(C2OC(=O)N[C@@H]2c2cccc(C#Cc3cccc(OC(F)(F)F)c3)c2)c1. The lowest BCUT2D eigenvalue weighted by molar-refractivity contribution is -0.274. The molecule has 1 fully saturated rings. The first kappa shape index (κ1) is 22.1. The highest BCUT2D eigenvalue weighted by Crippen LogP contribution is 2.37. The maximum atomic E-state index is 12.4. The lowest BCUT2D eigenvalue weighted by atomic mass is 9.95. The minimum atomic E-state index is -4.77. The van der Waals surface area contributed by atoms with E-state index in [1.165, 1.54) is 18.2 Å². The average molecular weight is 453 g/mol. The van der Waals surface area contributed by atoms with E-state index in [0.29, 0.717) is 16.9 Å². The first-order chi connectivity index (χ1) is 15.8. The summed E-state index contributed by atoms with van der Waals surface area (Å²) in [7, 11) is 1.56. The van der Waals surface area contributed by atoms with Crippen LogP contribution >= 0.6 is 0 Å². The van der Waals surface area contributed by atoms with E-state index in [1.807, 2.05) is 18.2 Å². The smallest absolute Gasteiger partial charge is 0.497 e. The Morgan fingerprint density at radius 2 is 1.52 bits per heavy atom. The van der Waals surface area contributed by atoms with Crippen molar-refractivity contribution in [1.82, 2.24) is 5.32 Å². The van der Waals surface area contributed by atoms with Crippen LogP contribution in [0.15, 0.2) is 72.8 Å². The molecule has 1 saturated heterocycles. The molecule has 0 radical (unpaired) electrons. The molecule has 4 rings (SSSR count). The van der Waals surface area contributed by atoms with Crippen LogP contribution in [0.2, 0.25) is 0 Å². The molecular formula is C25H18F3NO4. The van der Waals surface area contributed by atoms with Crippen molar-refractivity contribution >= 4 is 6.09 Å². The van der Waals surface area contributed by atoms with E-state index in [-0.39, 0.29) is 5.75 Å². The number of halogens is 3. The normalized spacial score (nSPS) is 17.4. The van der Waals surface area contributed by atoms with Crippen molar-refractivity contribution in [2.45, 2.75) is 18.5 Å². The highest BCUT2D eigenvalue weighted by Gasteiger charge is 2.36. The van der Waals surface area contributed by atoms with Gasteiger partial charge in [-0.05, 0) is 53.6 Å². The number of alkyl halides is 3. The van der Waals surface area contributed by atoms with Crippen molar-refractivity contribution in [2.75, 3.05) is 7.11 Å². The number of hydrogen-bond donors (Lipinski definition) is 1. The van der Waals surface area contributed by atoms with Crippen molar-refractivity contribution in [1.29, 1.82) is 0 Å². The molecule has 5 nitrogen and oxygen atoms in total. The number of rotatable bonds is 4. The first-order valence-electron chi connectivity index (χ1n) is 9.89. The molecule has 3 aromatic carbocycles. The Kier molecular flexibility index (Phi) is 6.13. The molecule has 1 heterocycles. The molecule has 0 bridgehead atoms. The minimum absolute atomic E-state index is 0.338. The summed E-state index contributed by atoms with van der Waals surface area (Å²) in [5, 5.41) is 2.81. The summed E-state index contributed by atoms with van der Waals surface area (Å²) in [5.74, 6) is 6.08. The Morgan fingerprint density at radius 1 is 0.879 bits per heavy atom. The molecule has 168 valence electrons. The van der Waals surface area contributed by atoms with Gasteiger partial charge in [-0.1, -0.05) is 42.2 Å². The van der Waals surface area contributed by atoms with Crippen LogP contribution in [-0.4, -0.2) is 19.6 Å². The molecule has 1 amide bonds. The summed E-state index contributed by atoms with van der Waals surface area (Å²) in [6.07, 6.45) is -5.87. The zero-order valence-electron chi connectivity index (χ0n) is 17.3. The first-order valence-corrected chi connectivity index (χ1v) is 9.89. The van der Waals surface area contributed by atoms with Gasteiger partial charge in [-0.25, -0.2) is 4.79 Å². The number of carbonyl (C=O) groups excluding carboxylic acids is 1. The van der Waals surface area contributed by atoms with Gasteiger partial charge in [-0.3, -0.25) is 0 Å². The number of nitrogens with one attached hydrogen (secondary N) is 1. The average Bonchev–Trinajstić information content (AvgIpc) is 3.19. The molecular weight excluding hydrogens is 435 g/mol. The Bertz CT molecular complexity index is 1230. The molecule has 0 aromatic heterocycles. The Balaban J connectivity index is 1.58. The fraction of sp³-hybridized carbons (Fsp3) is 0.160. The molecule has 0 spiro atoms. The number of cyclic esters (lactones) is 1. The third kappa shape index (κ3) is 5.57. The molecule has 33 heavy (non-hydrogen) atoms. The lowest BCUT2D eigenvalue weighted by Crippen LogP contribution is -2.19. The van der Waals surface area contributed by atoms with Crippen LogP contribution in [0, 0.1) is 11.8 Å². The van der Waals surface area contributed by atoms with E-state index >= 15 is 0 Å². The minimum Gasteiger partial charge on any atom is -0.497 e. The largest absolute Gasteiger partial charge is 0.573 e. The van der Waals surface area contributed by atoms with Crippen LogP contribution < -0.4 is 14.8 Å². The maximum Gasteiger partial charge on any atom is 0.573 e. The van der Waals surface area contributed by atoms with Crippen molar-refractivity contribution in [2.24, 2.45) is 0 Å². The molecule has 3 aromatic rings. The van der Waals surface area contributed by atoms with Gasteiger partial charge in [0, 0.05) is 11.1 Å². The van der Waals surface area contributed by atoms with E-state index in [1.54, 1.807) is 43.5 Å². The van der Waals surface area contributed by atoms with Crippen LogP contribution in [0.5, 0.6) is 11.5 Å². The predicted octanol–water partition coefficient (Wildman–Crippen LogP) is 5.52. The van der Waals surface area contributed by atoms with E-state index in [0.717, 1.165) is 11.1 Å². The summed E-state index contributed by atoms with van der Waals surface area (Å²) in [4.78, 5) is 12.0. The quantitative estimate of drug-likeness (QED) is 0.529. The third-order valence-corrected chi connectivity index (χ3v) is 4.90. The van der Waals surface area contributed by atoms with E-state index in [2.05, 4.69) is 21.9 Å². The molecule has 8 heteroatoms. The number of hydrogen-bond acceptors (Lipinski definition) is 4. The van der Waals surface area contributed by atoms with Gasteiger partial charge >= 0.3 is 12.5 Å². The number of ether oxygens (including phenoxy) is 3. The Hall–Kier alpha value is -4.12. The molecule has 0 saturated carbocycles. The maximum absolute atomic E-state index is 12.4. The number of carbonyl (C=O) groups is 1. The van der Waals surface area contributed by atoms with Gasteiger partial charge in [0.2, 0.25) is 0 Å². The second-order valence-electron chi connectivity index (χ2n) is 7.18. The summed E-state index contributed by atoms with van der Waals surface area (Å²) in [6, 6.07) is 19.5. The molecule has 0 aliphatic carbocycles. The lowest BCUT2D eigenvalue weighted by Gasteiger charge is -2.18. The van der Waals surface area contributed by atoms with Gasteiger partial charge in [-0.15, -0.1) is 13.2 Å². The summed E-state index contributed by atoms with van der Waals surface area (Å²) in [6.45, 7) is 0. The highest BCUT2D eigenvalue weighted by atomic mass is 19.4. The van der Waals surface area contributed by atoms with Gasteiger partial charge in [0.25, 0.3) is 0 Å². The Morgan fingerprint density at radius 3 is 2.24 bits per heavy atom. The number of methoxy groups -OCH3 is 1. The monoisotopic (exact) mass is 453 g/mol. The number of amides is 1. The summed E-state index contributed by atoms with van der Waals surface area (Å²) < 4.78 is 52.0. The van der Waals surface area contributed by atoms with E-state index in [9.17, 15) is 18.0 Å². The zero-order valence-corrected chi connectivity index (χ0v) is 17.3. The van der Waals surface area contributed by atoms with Crippen molar-refractivity contribution in [3.63, 3.8) is 0 Å². The van der Waals surface area contributed by atoms with Gasteiger partial charge in [-0.2, -0.15) is 0 Å². The molecule has 1 unspecified atom stereocenters. The fourth-order valence-electron chi connectivity index (χ4n) is 3.48. The van der Waals surface area contributed by atoms with Crippen molar-refractivity contribution in [3.05, 3.63) is 95.1 Å². The Labute approximate surface area is 188 Å². The van der Waals surface area contributed by atoms with E-state index in [4.69, 9.17) is 9.47 Å². The highest BCUT2D eigenvalue weighted by molar-refractivity contribution is 5.71. The zero-order chi connectivity index (χ0) is 23.4. The second-order valence-corrected chi connectivity index (χ2v) is 7.18. The van der Waals surface area contributed by atoms with Crippen LogP contribution in [-0.2, 0) is 4.74 Å². The predicted molar refractivity (Wildman–Crippen MR) is 114 cm³/mol. The van der Waals surface area contributed by atoms with Gasteiger partial charge in [0.1, 0.15) is 11.5 Å². The van der Waals surface area contributed by atoms with Crippen molar-refractivity contribution < 1.29 is 32.2 Å². The van der Waals surface area contributed by atoms with Gasteiger partial charge in [0.15, 0.2) is 6.10 Å². The second kappa shape index (κ2) is 9.17. The van der Waals surface area contributed by atoms with E-state index < -0.39 is 24.6 Å². The number of alkyl carbamates (subject to hydrolysis) is 1. The van der Waals surface area contributed by atoms with Crippen LogP contribution in [0.3, 0.4) is 0 Å². The number of benzene rings is 3. The molecule has 1 aliphatic rings. The summed E-state index contributed by atoms with van der Waals surface area (Å²) >= 11 is 0. The van der Waals surface area contributed by atoms with Crippen LogP contribution in [0.1, 0.15) is 34.4 Å².